The summed E-state index contributed by atoms with van der Waals surface area (Å²) < 4.78 is 36.4. The highest BCUT2D eigenvalue weighted by Gasteiger charge is 2.23. The standard InChI is InChI=1S/C13H18BrFN2O3S/c1-13(2,3)7-17(4)12(18)8-5-9(15)11(14)10(6-8)21(16,19)20/h5-6H,7H2,1-4H3,(H2,16,19,20). The molecule has 8 heteroatoms. The lowest BCUT2D eigenvalue weighted by Gasteiger charge is -2.26. The molecule has 1 amide bonds. The van der Waals surface area contributed by atoms with Gasteiger partial charge in [0.1, 0.15) is 5.82 Å². The van der Waals surface area contributed by atoms with E-state index in [-0.39, 0.29) is 15.5 Å². The second-order valence-corrected chi connectivity index (χ2v) is 8.36. The van der Waals surface area contributed by atoms with Crippen LogP contribution in [0.4, 0.5) is 4.39 Å². The van der Waals surface area contributed by atoms with Crippen molar-refractivity contribution in [3.05, 3.63) is 28.0 Å². The Bertz CT molecular complexity index is 669. The van der Waals surface area contributed by atoms with E-state index >= 15 is 0 Å². The quantitative estimate of drug-likeness (QED) is 0.873. The topological polar surface area (TPSA) is 80.5 Å². The second kappa shape index (κ2) is 6.02. The van der Waals surface area contributed by atoms with Crippen LogP contribution in [-0.4, -0.2) is 32.8 Å². The Morgan fingerprint density at radius 2 is 1.90 bits per heavy atom. The first kappa shape index (κ1) is 18.1. The number of rotatable bonds is 3. The maximum Gasteiger partial charge on any atom is 0.253 e. The van der Waals surface area contributed by atoms with Crippen molar-refractivity contribution in [2.45, 2.75) is 25.7 Å². The van der Waals surface area contributed by atoms with Gasteiger partial charge in [-0.2, -0.15) is 0 Å². The van der Waals surface area contributed by atoms with Gasteiger partial charge in [0, 0.05) is 19.2 Å². The number of carbonyl (C=O) groups is 1. The second-order valence-electron chi connectivity index (χ2n) is 6.04. The molecule has 0 radical (unpaired) electrons. The Labute approximate surface area is 132 Å². The maximum absolute atomic E-state index is 13.8. The summed E-state index contributed by atoms with van der Waals surface area (Å²) in [7, 11) is -2.56. The number of nitrogens with zero attached hydrogens (tertiary/aromatic N) is 1. The van der Waals surface area contributed by atoms with Crippen molar-refractivity contribution in [2.75, 3.05) is 13.6 Å². The Hall–Kier alpha value is -0.990. The van der Waals surface area contributed by atoms with Gasteiger partial charge in [0.05, 0.1) is 9.37 Å². The number of halogens is 2. The number of carbonyl (C=O) groups excluding carboxylic acids is 1. The van der Waals surface area contributed by atoms with E-state index in [2.05, 4.69) is 15.9 Å². The molecule has 0 aliphatic rings. The predicted octanol–water partition coefficient (Wildman–Crippen LogP) is 2.35. The minimum Gasteiger partial charge on any atom is -0.341 e. The van der Waals surface area contributed by atoms with Gasteiger partial charge >= 0.3 is 0 Å². The molecule has 1 aromatic rings. The molecule has 0 aliphatic heterocycles. The zero-order chi connectivity index (χ0) is 16.6. The van der Waals surface area contributed by atoms with Gasteiger partial charge < -0.3 is 4.90 Å². The van der Waals surface area contributed by atoms with Gasteiger partial charge in [-0.1, -0.05) is 20.8 Å². The summed E-state index contributed by atoms with van der Waals surface area (Å²) in [4.78, 5) is 13.2. The molecule has 21 heavy (non-hydrogen) atoms. The average Bonchev–Trinajstić information content (AvgIpc) is 2.27. The van der Waals surface area contributed by atoms with Gasteiger partial charge in [0.15, 0.2) is 0 Å². The number of hydrogen-bond acceptors (Lipinski definition) is 3. The van der Waals surface area contributed by atoms with Gasteiger partial charge in [-0.05, 0) is 33.5 Å². The van der Waals surface area contributed by atoms with Crippen molar-refractivity contribution in [3.63, 3.8) is 0 Å². The molecule has 0 aliphatic carbocycles. The van der Waals surface area contributed by atoms with Crippen LogP contribution in [0.1, 0.15) is 31.1 Å². The van der Waals surface area contributed by atoms with Gasteiger partial charge in [0.2, 0.25) is 10.0 Å². The summed E-state index contributed by atoms with van der Waals surface area (Å²) in [5, 5.41) is 5.02. The Morgan fingerprint density at radius 1 is 1.38 bits per heavy atom. The number of hydrogen-bond donors (Lipinski definition) is 1. The molecule has 2 N–H and O–H groups in total. The highest BCUT2D eigenvalue weighted by molar-refractivity contribution is 9.10. The van der Waals surface area contributed by atoms with E-state index in [9.17, 15) is 17.6 Å². The Morgan fingerprint density at radius 3 is 2.33 bits per heavy atom. The van der Waals surface area contributed by atoms with E-state index < -0.39 is 26.6 Å². The maximum atomic E-state index is 13.8. The number of primary sulfonamides is 1. The summed E-state index contributed by atoms with van der Waals surface area (Å²) in [6, 6.07) is 2.06. The summed E-state index contributed by atoms with van der Waals surface area (Å²) in [5.74, 6) is -1.32. The highest BCUT2D eigenvalue weighted by atomic mass is 79.9. The average molecular weight is 381 g/mol. The van der Waals surface area contributed by atoms with E-state index in [0.29, 0.717) is 6.54 Å². The fourth-order valence-electron chi connectivity index (χ4n) is 1.90. The molecule has 0 aromatic heterocycles. The molecule has 0 heterocycles. The van der Waals surface area contributed by atoms with Crippen LogP contribution in [0.2, 0.25) is 0 Å². The Balaban J connectivity index is 3.27. The smallest absolute Gasteiger partial charge is 0.253 e. The molecule has 1 aromatic carbocycles. The van der Waals surface area contributed by atoms with Crippen molar-refractivity contribution in [2.24, 2.45) is 10.6 Å². The lowest BCUT2D eigenvalue weighted by atomic mass is 9.96. The van der Waals surface area contributed by atoms with Crippen molar-refractivity contribution in [1.29, 1.82) is 0 Å². The minimum atomic E-state index is -4.13. The van der Waals surface area contributed by atoms with Gasteiger partial charge in [-0.15, -0.1) is 0 Å². The van der Waals surface area contributed by atoms with E-state index in [1.807, 2.05) is 20.8 Å². The lowest BCUT2D eigenvalue weighted by Crippen LogP contribution is -2.34. The first-order chi connectivity index (χ1) is 9.33. The summed E-state index contributed by atoms with van der Waals surface area (Å²) in [5.41, 5.74) is -0.201. The molecule has 5 nitrogen and oxygen atoms in total. The van der Waals surface area contributed by atoms with Crippen LogP contribution in [0, 0.1) is 11.2 Å². The van der Waals surface area contributed by atoms with Crippen LogP contribution in [0.25, 0.3) is 0 Å². The molecule has 0 fully saturated rings. The lowest BCUT2D eigenvalue weighted by molar-refractivity contribution is 0.0745. The van der Waals surface area contributed by atoms with E-state index in [0.717, 1.165) is 12.1 Å². The van der Waals surface area contributed by atoms with Crippen LogP contribution in [0.15, 0.2) is 21.5 Å². The largest absolute Gasteiger partial charge is 0.341 e. The molecular weight excluding hydrogens is 363 g/mol. The molecule has 0 saturated carbocycles. The third-order valence-electron chi connectivity index (χ3n) is 2.61. The summed E-state index contributed by atoms with van der Waals surface area (Å²) >= 11 is 2.83. The first-order valence-corrected chi connectivity index (χ1v) is 8.44. The number of amides is 1. The number of benzene rings is 1. The third-order valence-corrected chi connectivity index (χ3v) is 4.61. The van der Waals surface area contributed by atoms with Crippen LogP contribution in [0.3, 0.4) is 0 Å². The molecule has 118 valence electrons. The van der Waals surface area contributed by atoms with Gasteiger partial charge in [-0.25, -0.2) is 17.9 Å². The van der Waals surface area contributed by atoms with Gasteiger partial charge in [0.25, 0.3) is 5.91 Å². The molecular formula is C13H18BrFN2O3S. The summed E-state index contributed by atoms with van der Waals surface area (Å²) in [6.45, 7) is 6.30. The Kier molecular flexibility index (Phi) is 5.18. The molecule has 1 rings (SSSR count). The fourth-order valence-corrected chi connectivity index (χ4v) is 3.44. The molecule has 0 bridgehead atoms. The number of nitrogens with two attached hydrogens (primary N) is 1. The van der Waals surface area contributed by atoms with Crippen molar-refractivity contribution in [3.8, 4) is 0 Å². The van der Waals surface area contributed by atoms with Crippen molar-refractivity contribution in [1.82, 2.24) is 4.90 Å². The zero-order valence-electron chi connectivity index (χ0n) is 12.3. The van der Waals surface area contributed by atoms with Crippen LogP contribution in [0.5, 0.6) is 0 Å². The van der Waals surface area contributed by atoms with Crippen molar-refractivity contribution < 1.29 is 17.6 Å². The SMILES string of the molecule is CN(CC(C)(C)C)C(=O)c1cc(F)c(Br)c(S(N)(=O)=O)c1. The molecule has 0 unspecified atom stereocenters. The van der Waals surface area contributed by atoms with E-state index in [1.54, 1.807) is 7.05 Å². The van der Waals surface area contributed by atoms with E-state index in [1.165, 1.54) is 4.90 Å². The van der Waals surface area contributed by atoms with E-state index in [4.69, 9.17) is 5.14 Å². The minimum absolute atomic E-state index is 0.0634. The fraction of sp³-hybridized carbons (Fsp3) is 0.462. The normalized spacial score (nSPS) is 12.3. The summed E-state index contributed by atoms with van der Waals surface area (Å²) in [6.07, 6.45) is 0. The predicted molar refractivity (Wildman–Crippen MR) is 81.9 cm³/mol. The van der Waals surface area contributed by atoms with Crippen LogP contribution < -0.4 is 5.14 Å². The molecule has 0 atom stereocenters. The van der Waals surface area contributed by atoms with Gasteiger partial charge in [-0.3, -0.25) is 4.79 Å². The molecule has 0 saturated heterocycles. The number of sulfonamides is 1. The van der Waals surface area contributed by atoms with Crippen LogP contribution in [-0.2, 0) is 10.0 Å². The third kappa shape index (κ3) is 4.76. The van der Waals surface area contributed by atoms with Crippen LogP contribution >= 0.6 is 15.9 Å². The zero-order valence-corrected chi connectivity index (χ0v) is 14.7. The molecule has 0 spiro atoms. The highest BCUT2D eigenvalue weighted by Crippen LogP contribution is 2.26. The monoisotopic (exact) mass is 380 g/mol. The van der Waals surface area contributed by atoms with Crippen molar-refractivity contribution >= 4 is 31.9 Å². The first-order valence-electron chi connectivity index (χ1n) is 6.10.